The van der Waals surface area contributed by atoms with Gasteiger partial charge in [0.25, 0.3) is 0 Å². The highest BCUT2D eigenvalue weighted by atomic mass is 16.5. The van der Waals surface area contributed by atoms with Gasteiger partial charge in [0.05, 0.1) is 12.2 Å². The molecule has 0 bridgehead atoms. The van der Waals surface area contributed by atoms with Gasteiger partial charge in [-0.1, -0.05) is 38.5 Å². The molecule has 3 fully saturated rings. The van der Waals surface area contributed by atoms with Crippen LogP contribution < -0.4 is 0 Å². The van der Waals surface area contributed by atoms with E-state index in [-0.39, 0.29) is 17.9 Å². The highest BCUT2D eigenvalue weighted by Crippen LogP contribution is 2.34. The number of carbonyl (C=O) groups is 1. The molecule has 3 saturated carbocycles. The van der Waals surface area contributed by atoms with Crippen molar-refractivity contribution >= 4 is 5.78 Å². The van der Waals surface area contributed by atoms with E-state index < -0.39 is 6.10 Å². The number of ketones is 1. The zero-order valence-corrected chi connectivity index (χ0v) is 14.5. The van der Waals surface area contributed by atoms with E-state index in [1.165, 1.54) is 51.4 Å². The van der Waals surface area contributed by atoms with Gasteiger partial charge in [0.15, 0.2) is 0 Å². The van der Waals surface area contributed by atoms with Crippen LogP contribution in [0.2, 0.25) is 0 Å². The fraction of sp³-hybridized carbons (Fsp3) is 0.950. The summed E-state index contributed by atoms with van der Waals surface area (Å²) in [6, 6.07) is 0. The summed E-state index contributed by atoms with van der Waals surface area (Å²) in [5, 5.41) is 10.5. The summed E-state index contributed by atoms with van der Waals surface area (Å²) in [7, 11) is 0. The maximum Gasteiger partial charge on any atom is 0.141 e. The number of aliphatic hydroxyl groups is 1. The van der Waals surface area contributed by atoms with Crippen LogP contribution in [0.1, 0.15) is 83.5 Å². The Morgan fingerprint density at radius 3 is 2.17 bits per heavy atom. The number of aliphatic hydroxyl groups excluding tert-OH is 1. The summed E-state index contributed by atoms with van der Waals surface area (Å²) < 4.78 is 6.10. The van der Waals surface area contributed by atoms with Gasteiger partial charge in [-0.2, -0.15) is 0 Å². The lowest BCUT2D eigenvalue weighted by Crippen LogP contribution is -2.41. The molecule has 0 heterocycles. The SMILES string of the molecule is O=C(C1CCCCC1)C1CCC(OCC2CCCCC2)CC1O. The van der Waals surface area contributed by atoms with E-state index in [2.05, 4.69) is 0 Å². The van der Waals surface area contributed by atoms with Crippen molar-refractivity contribution in [3.63, 3.8) is 0 Å². The summed E-state index contributed by atoms with van der Waals surface area (Å²) in [6.07, 6.45) is 14.5. The average Bonchev–Trinajstić information content (AvgIpc) is 2.61. The van der Waals surface area contributed by atoms with Crippen LogP contribution in [0.25, 0.3) is 0 Å². The number of hydrogen-bond acceptors (Lipinski definition) is 3. The first-order valence-electron chi connectivity index (χ1n) is 10.1. The van der Waals surface area contributed by atoms with Crippen molar-refractivity contribution in [2.45, 2.75) is 95.7 Å². The van der Waals surface area contributed by atoms with Crippen molar-refractivity contribution in [3.8, 4) is 0 Å². The van der Waals surface area contributed by atoms with Crippen LogP contribution in [0.5, 0.6) is 0 Å². The third-order valence-corrected chi connectivity index (χ3v) is 6.43. The molecule has 0 amide bonds. The van der Waals surface area contributed by atoms with E-state index in [0.29, 0.717) is 12.2 Å². The molecular weight excluding hydrogens is 288 g/mol. The molecule has 3 heteroatoms. The largest absolute Gasteiger partial charge is 0.392 e. The second kappa shape index (κ2) is 8.62. The van der Waals surface area contributed by atoms with E-state index in [4.69, 9.17) is 4.74 Å². The van der Waals surface area contributed by atoms with Crippen molar-refractivity contribution in [1.29, 1.82) is 0 Å². The predicted molar refractivity (Wildman–Crippen MR) is 91.2 cm³/mol. The molecule has 3 nitrogen and oxygen atoms in total. The summed E-state index contributed by atoms with van der Waals surface area (Å²) in [5.74, 6) is 1.18. The quantitative estimate of drug-likeness (QED) is 0.822. The van der Waals surface area contributed by atoms with Crippen LogP contribution in [-0.4, -0.2) is 29.7 Å². The van der Waals surface area contributed by atoms with Gasteiger partial charge in [0.2, 0.25) is 0 Å². The number of hydrogen-bond donors (Lipinski definition) is 1. The molecule has 3 atom stereocenters. The molecule has 0 spiro atoms. The number of Topliss-reactive ketones (excluding diaryl/α,β-unsaturated/α-hetero) is 1. The lowest BCUT2D eigenvalue weighted by atomic mass is 9.74. The van der Waals surface area contributed by atoms with Crippen LogP contribution in [0.3, 0.4) is 0 Å². The molecule has 0 saturated heterocycles. The van der Waals surface area contributed by atoms with Crippen molar-refractivity contribution < 1.29 is 14.6 Å². The van der Waals surface area contributed by atoms with Crippen molar-refractivity contribution in [1.82, 2.24) is 0 Å². The molecule has 23 heavy (non-hydrogen) atoms. The van der Waals surface area contributed by atoms with Crippen LogP contribution >= 0.6 is 0 Å². The third-order valence-electron chi connectivity index (χ3n) is 6.43. The Balaban J connectivity index is 1.42. The highest BCUT2D eigenvalue weighted by molar-refractivity contribution is 5.84. The Morgan fingerprint density at radius 2 is 1.52 bits per heavy atom. The highest BCUT2D eigenvalue weighted by Gasteiger charge is 2.37. The Labute approximate surface area is 141 Å². The molecular formula is C20H34O3. The molecule has 0 aliphatic heterocycles. The maximum absolute atomic E-state index is 12.7. The molecule has 132 valence electrons. The molecule has 3 aliphatic rings. The Hall–Kier alpha value is -0.410. The smallest absolute Gasteiger partial charge is 0.141 e. The minimum Gasteiger partial charge on any atom is -0.392 e. The summed E-state index contributed by atoms with van der Waals surface area (Å²) in [5.41, 5.74) is 0. The van der Waals surface area contributed by atoms with Gasteiger partial charge >= 0.3 is 0 Å². The standard InChI is InChI=1S/C20H34O3/c21-19-13-17(23-14-15-7-3-1-4-8-15)11-12-18(19)20(22)16-9-5-2-6-10-16/h15-19,21H,1-14H2. The van der Waals surface area contributed by atoms with Crippen molar-refractivity contribution in [2.24, 2.45) is 17.8 Å². The topological polar surface area (TPSA) is 46.5 Å². The molecule has 0 aromatic carbocycles. The lowest BCUT2D eigenvalue weighted by Gasteiger charge is -2.35. The number of rotatable bonds is 5. The first-order chi connectivity index (χ1) is 11.2. The predicted octanol–water partition coefficient (Wildman–Crippen LogP) is 4.26. The molecule has 3 unspecified atom stereocenters. The fourth-order valence-electron chi connectivity index (χ4n) is 4.91. The van der Waals surface area contributed by atoms with Gasteiger partial charge in [0.1, 0.15) is 5.78 Å². The minimum atomic E-state index is -0.477. The van der Waals surface area contributed by atoms with E-state index >= 15 is 0 Å². The maximum atomic E-state index is 12.7. The number of carbonyl (C=O) groups excluding carboxylic acids is 1. The molecule has 0 aromatic heterocycles. The van der Waals surface area contributed by atoms with Gasteiger partial charge < -0.3 is 9.84 Å². The monoisotopic (exact) mass is 322 g/mol. The zero-order valence-electron chi connectivity index (χ0n) is 14.5. The van der Waals surface area contributed by atoms with Crippen LogP contribution in [0, 0.1) is 17.8 Å². The van der Waals surface area contributed by atoms with Crippen LogP contribution in [-0.2, 0) is 9.53 Å². The van der Waals surface area contributed by atoms with Gasteiger partial charge in [-0.3, -0.25) is 4.79 Å². The van der Waals surface area contributed by atoms with Crippen molar-refractivity contribution in [3.05, 3.63) is 0 Å². The Bertz CT molecular complexity index is 369. The summed E-state index contributed by atoms with van der Waals surface area (Å²) in [6.45, 7) is 0.860. The molecule has 0 aromatic rings. The van der Waals surface area contributed by atoms with Crippen LogP contribution in [0.4, 0.5) is 0 Å². The second-order valence-electron chi connectivity index (χ2n) is 8.18. The second-order valence-corrected chi connectivity index (χ2v) is 8.18. The van der Waals surface area contributed by atoms with E-state index in [9.17, 15) is 9.90 Å². The molecule has 0 radical (unpaired) electrons. The molecule has 3 rings (SSSR count). The first-order valence-corrected chi connectivity index (χ1v) is 10.1. The Kier molecular flexibility index (Phi) is 6.52. The minimum absolute atomic E-state index is 0.118. The Morgan fingerprint density at radius 1 is 0.870 bits per heavy atom. The van der Waals surface area contributed by atoms with Gasteiger partial charge in [-0.25, -0.2) is 0 Å². The van der Waals surface area contributed by atoms with Gasteiger partial charge in [-0.15, -0.1) is 0 Å². The van der Waals surface area contributed by atoms with Crippen LogP contribution in [0.15, 0.2) is 0 Å². The van der Waals surface area contributed by atoms with E-state index in [1.807, 2.05) is 0 Å². The summed E-state index contributed by atoms with van der Waals surface area (Å²) >= 11 is 0. The number of ether oxygens (including phenoxy) is 1. The fourth-order valence-corrected chi connectivity index (χ4v) is 4.91. The summed E-state index contributed by atoms with van der Waals surface area (Å²) in [4.78, 5) is 12.7. The van der Waals surface area contributed by atoms with Crippen molar-refractivity contribution in [2.75, 3.05) is 6.61 Å². The van der Waals surface area contributed by atoms with Gasteiger partial charge in [-0.05, 0) is 44.4 Å². The molecule has 1 N–H and O–H groups in total. The first kappa shape index (κ1) is 17.4. The normalized spacial score (nSPS) is 34.4. The van der Waals surface area contributed by atoms with Gasteiger partial charge in [0, 0.05) is 24.9 Å². The zero-order chi connectivity index (χ0) is 16.1. The lowest BCUT2D eigenvalue weighted by molar-refractivity contribution is -0.136. The average molecular weight is 322 g/mol. The third kappa shape index (κ3) is 4.79. The van der Waals surface area contributed by atoms with E-state index in [0.717, 1.165) is 38.2 Å². The van der Waals surface area contributed by atoms with E-state index in [1.54, 1.807) is 0 Å². The molecule has 3 aliphatic carbocycles.